The summed E-state index contributed by atoms with van der Waals surface area (Å²) in [7, 11) is 0. The fraction of sp³-hybridized carbons (Fsp3) is 1.00. The van der Waals surface area contributed by atoms with Gasteiger partial charge in [-0.3, -0.25) is 4.90 Å². The Morgan fingerprint density at radius 3 is 2.50 bits per heavy atom. The SMILES string of the molecule is CC(C1CC1)N1CCC(NC2CC2)C1. The highest BCUT2D eigenvalue weighted by Crippen LogP contribution is 2.36. The Morgan fingerprint density at radius 2 is 1.86 bits per heavy atom. The van der Waals surface area contributed by atoms with Gasteiger partial charge in [0.2, 0.25) is 0 Å². The van der Waals surface area contributed by atoms with Gasteiger partial charge in [0.25, 0.3) is 0 Å². The monoisotopic (exact) mass is 194 g/mol. The molecule has 0 spiro atoms. The summed E-state index contributed by atoms with van der Waals surface area (Å²) in [4.78, 5) is 2.71. The summed E-state index contributed by atoms with van der Waals surface area (Å²) in [5, 5.41) is 3.76. The molecule has 0 amide bonds. The molecule has 2 atom stereocenters. The zero-order valence-corrected chi connectivity index (χ0v) is 9.21. The minimum atomic E-state index is 0.809. The van der Waals surface area contributed by atoms with E-state index in [1.54, 1.807) is 0 Å². The lowest BCUT2D eigenvalue weighted by molar-refractivity contribution is 0.229. The van der Waals surface area contributed by atoms with Crippen LogP contribution in [0, 0.1) is 5.92 Å². The van der Waals surface area contributed by atoms with Crippen molar-refractivity contribution in [3.63, 3.8) is 0 Å². The average Bonchev–Trinajstić information content (AvgIpc) is 3.04. The Labute approximate surface area is 87.0 Å². The highest BCUT2D eigenvalue weighted by Gasteiger charge is 2.36. The normalized spacial score (nSPS) is 36.2. The zero-order chi connectivity index (χ0) is 9.54. The topological polar surface area (TPSA) is 15.3 Å². The lowest BCUT2D eigenvalue weighted by Crippen LogP contribution is -2.37. The van der Waals surface area contributed by atoms with E-state index in [1.165, 1.54) is 45.2 Å². The molecule has 1 aliphatic heterocycles. The number of nitrogens with zero attached hydrogens (tertiary/aromatic N) is 1. The van der Waals surface area contributed by atoms with Crippen molar-refractivity contribution in [3.8, 4) is 0 Å². The molecular weight excluding hydrogens is 172 g/mol. The van der Waals surface area contributed by atoms with E-state index in [-0.39, 0.29) is 0 Å². The third-order valence-corrected chi connectivity index (χ3v) is 4.15. The second-order valence-electron chi connectivity index (χ2n) is 5.50. The third-order valence-electron chi connectivity index (χ3n) is 4.15. The van der Waals surface area contributed by atoms with E-state index in [1.807, 2.05) is 0 Å². The molecule has 0 aromatic rings. The fourth-order valence-electron chi connectivity index (χ4n) is 2.75. The lowest BCUT2D eigenvalue weighted by Gasteiger charge is -2.24. The lowest BCUT2D eigenvalue weighted by atomic mass is 10.2. The second-order valence-corrected chi connectivity index (χ2v) is 5.50. The molecule has 0 bridgehead atoms. The smallest absolute Gasteiger partial charge is 0.0209 e. The minimum Gasteiger partial charge on any atom is -0.310 e. The molecule has 2 nitrogen and oxygen atoms in total. The number of hydrogen-bond acceptors (Lipinski definition) is 2. The van der Waals surface area contributed by atoms with E-state index in [0.717, 1.165) is 24.0 Å². The zero-order valence-electron chi connectivity index (χ0n) is 9.21. The molecule has 2 saturated carbocycles. The van der Waals surface area contributed by atoms with E-state index in [9.17, 15) is 0 Å². The summed E-state index contributed by atoms with van der Waals surface area (Å²) in [6.45, 7) is 5.08. The molecule has 2 unspecified atom stereocenters. The molecule has 3 aliphatic rings. The average molecular weight is 194 g/mol. The Balaban J connectivity index is 1.47. The molecule has 0 aromatic carbocycles. The van der Waals surface area contributed by atoms with Crippen LogP contribution in [-0.4, -0.2) is 36.1 Å². The quantitative estimate of drug-likeness (QED) is 0.731. The van der Waals surface area contributed by atoms with Crippen molar-refractivity contribution in [2.75, 3.05) is 13.1 Å². The van der Waals surface area contributed by atoms with Crippen molar-refractivity contribution >= 4 is 0 Å². The summed E-state index contributed by atoms with van der Waals surface area (Å²) in [5.74, 6) is 1.04. The summed E-state index contributed by atoms with van der Waals surface area (Å²) >= 11 is 0. The predicted molar refractivity (Wildman–Crippen MR) is 58.3 cm³/mol. The van der Waals surface area contributed by atoms with E-state index >= 15 is 0 Å². The molecule has 1 N–H and O–H groups in total. The second kappa shape index (κ2) is 3.49. The van der Waals surface area contributed by atoms with E-state index in [2.05, 4.69) is 17.1 Å². The van der Waals surface area contributed by atoms with Crippen LogP contribution in [0.4, 0.5) is 0 Å². The Bertz CT molecular complexity index is 208. The van der Waals surface area contributed by atoms with E-state index in [4.69, 9.17) is 0 Å². The van der Waals surface area contributed by atoms with Crippen LogP contribution in [0.3, 0.4) is 0 Å². The standard InChI is InChI=1S/C12H22N2/c1-9(10-2-3-10)14-7-6-12(8-14)13-11-4-5-11/h9-13H,2-8H2,1H3. The molecule has 2 aliphatic carbocycles. The van der Waals surface area contributed by atoms with Crippen LogP contribution in [0.1, 0.15) is 39.0 Å². The molecule has 14 heavy (non-hydrogen) atoms. The van der Waals surface area contributed by atoms with E-state index < -0.39 is 0 Å². The van der Waals surface area contributed by atoms with Crippen LogP contribution >= 0.6 is 0 Å². The molecule has 2 heteroatoms. The summed E-state index contributed by atoms with van der Waals surface area (Å²) in [6, 6.07) is 2.56. The first-order valence-corrected chi connectivity index (χ1v) is 6.33. The van der Waals surface area contributed by atoms with Gasteiger partial charge >= 0.3 is 0 Å². The van der Waals surface area contributed by atoms with Crippen LogP contribution in [-0.2, 0) is 0 Å². The van der Waals surface area contributed by atoms with Gasteiger partial charge < -0.3 is 5.32 Å². The highest BCUT2D eigenvalue weighted by molar-refractivity contribution is 4.93. The van der Waals surface area contributed by atoms with Crippen LogP contribution < -0.4 is 5.32 Å². The van der Waals surface area contributed by atoms with Gasteiger partial charge in [-0.25, -0.2) is 0 Å². The van der Waals surface area contributed by atoms with Gasteiger partial charge in [-0.1, -0.05) is 0 Å². The maximum absolute atomic E-state index is 3.76. The van der Waals surface area contributed by atoms with Crippen molar-refractivity contribution in [2.24, 2.45) is 5.92 Å². The van der Waals surface area contributed by atoms with Crippen molar-refractivity contribution in [3.05, 3.63) is 0 Å². The molecule has 1 saturated heterocycles. The number of likely N-dealkylation sites (tertiary alicyclic amines) is 1. The molecule has 3 fully saturated rings. The van der Waals surface area contributed by atoms with Crippen molar-refractivity contribution in [1.82, 2.24) is 10.2 Å². The molecule has 1 heterocycles. The first-order chi connectivity index (χ1) is 6.83. The number of rotatable bonds is 4. The summed E-state index contributed by atoms with van der Waals surface area (Å²) in [6.07, 6.45) is 7.20. The minimum absolute atomic E-state index is 0.809. The summed E-state index contributed by atoms with van der Waals surface area (Å²) in [5.41, 5.74) is 0. The Kier molecular flexibility index (Phi) is 2.29. The maximum atomic E-state index is 3.76. The van der Waals surface area contributed by atoms with Crippen LogP contribution in [0.25, 0.3) is 0 Å². The van der Waals surface area contributed by atoms with Gasteiger partial charge in [0, 0.05) is 31.2 Å². The number of hydrogen-bond donors (Lipinski definition) is 1. The summed E-state index contributed by atoms with van der Waals surface area (Å²) < 4.78 is 0. The molecule has 3 rings (SSSR count). The van der Waals surface area contributed by atoms with Gasteiger partial charge in [0.15, 0.2) is 0 Å². The largest absolute Gasteiger partial charge is 0.310 e. The molecule has 80 valence electrons. The van der Waals surface area contributed by atoms with Gasteiger partial charge in [-0.2, -0.15) is 0 Å². The molecule has 0 aromatic heterocycles. The first-order valence-electron chi connectivity index (χ1n) is 6.33. The van der Waals surface area contributed by atoms with Crippen LogP contribution in [0.15, 0.2) is 0 Å². The fourth-order valence-corrected chi connectivity index (χ4v) is 2.75. The Hall–Kier alpha value is -0.0800. The van der Waals surface area contributed by atoms with Crippen LogP contribution in [0.2, 0.25) is 0 Å². The van der Waals surface area contributed by atoms with Crippen LogP contribution in [0.5, 0.6) is 0 Å². The van der Waals surface area contributed by atoms with E-state index in [0.29, 0.717) is 0 Å². The van der Waals surface area contributed by atoms with Gasteiger partial charge in [-0.15, -0.1) is 0 Å². The van der Waals surface area contributed by atoms with Gasteiger partial charge in [-0.05, 0) is 44.9 Å². The predicted octanol–water partition coefficient (Wildman–Crippen LogP) is 1.61. The number of nitrogens with one attached hydrogen (secondary N) is 1. The first kappa shape index (κ1) is 9.17. The highest BCUT2D eigenvalue weighted by atomic mass is 15.2. The maximum Gasteiger partial charge on any atom is 0.0209 e. The third kappa shape index (κ3) is 1.96. The Morgan fingerprint density at radius 1 is 1.07 bits per heavy atom. The molecular formula is C12H22N2. The van der Waals surface area contributed by atoms with Gasteiger partial charge in [0.1, 0.15) is 0 Å². The molecule has 0 radical (unpaired) electrons. The van der Waals surface area contributed by atoms with Crippen molar-refractivity contribution < 1.29 is 0 Å². The van der Waals surface area contributed by atoms with Crippen molar-refractivity contribution in [1.29, 1.82) is 0 Å². The van der Waals surface area contributed by atoms with Crippen molar-refractivity contribution in [2.45, 2.75) is 57.2 Å². The van der Waals surface area contributed by atoms with Gasteiger partial charge in [0.05, 0.1) is 0 Å².